The maximum atomic E-state index is 11.7. The zero-order chi connectivity index (χ0) is 13.1. The lowest BCUT2D eigenvalue weighted by Crippen LogP contribution is -2.43. The molecule has 1 amide bonds. The average molecular weight is 270 g/mol. The highest BCUT2D eigenvalue weighted by molar-refractivity contribution is 6.30. The zero-order valence-corrected chi connectivity index (χ0v) is 11.2. The summed E-state index contributed by atoms with van der Waals surface area (Å²) in [5.41, 5.74) is 0. The van der Waals surface area contributed by atoms with Crippen LogP contribution >= 0.6 is 11.6 Å². The molecule has 0 fully saturated rings. The summed E-state index contributed by atoms with van der Waals surface area (Å²) in [6.07, 6.45) is -0.163. The summed E-state index contributed by atoms with van der Waals surface area (Å²) in [5, 5.41) is -0.521. The normalized spacial score (nSPS) is 19.2. The Balaban J connectivity index is 1.96. The molecular formula is C13H16ClNO3. The van der Waals surface area contributed by atoms with Crippen molar-refractivity contribution in [2.45, 2.75) is 18.4 Å². The number of halogens is 1. The van der Waals surface area contributed by atoms with Gasteiger partial charge in [0, 0.05) is 7.05 Å². The van der Waals surface area contributed by atoms with E-state index in [-0.39, 0.29) is 12.0 Å². The van der Waals surface area contributed by atoms with Gasteiger partial charge in [0.05, 0.1) is 6.54 Å². The minimum Gasteiger partial charge on any atom is -0.486 e. The third-order valence-electron chi connectivity index (χ3n) is 2.76. The highest BCUT2D eigenvalue weighted by Gasteiger charge is 2.24. The molecule has 5 heteroatoms. The number of amides is 1. The summed E-state index contributed by atoms with van der Waals surface area (Å²) >= 11 is 5.76. The Morgan fingerprint density at radius 2 is 2.17 bits per heavy atom. The van der Waals surface area contributed by atoms with Crippen molar-refractivity contribution in [1.82, 2.24) is 4.90 Å². The van der Waals surface area contributed by atoms with E-state index in [0.29, 0.717) is 18.9 Å². The predicted octanol–water partition coefficient (Wildman–Crippen LogP) is 1.91. The van der Waals surface area contributed by atoms with Crippen molar-refractivity contribution in [2.24, 2.45) is 0 Å². The van der Waals surface area contributed by atoms with Crippen molar-refractivity contribution in [3.05, 3.63) is 24.3 Å². The van der Waals surface area contributed by atoms with Crippen molar-refractivity contribution in [2.75, 3.05) is 20.2 Å². The predicted molar refractivity (Wildman–Crippen MR) is 69.3 cm³/mol. The SMILES string of the molecule is C[C@H](Cl)C(=O)N(C)C[C@@H]1COc2ccccc2O1. The number of likely N-dealkylation sites (N-methyl/N-ethyl adjacent to an activating group) is 1. The number of rotatable bonds is 3. The quantitative estimate of drug-likeness (QED) is 0.787. The number of nitrogens with zero attached hydrogens (tertiary/aromatic N) is 1. The van der Waals surface area contributed by atoms with E-state index in [0.717, 1.165) is 5.75 Å². The van der Waals surface area contributed by atoms with E-state index in [9.17, 15) is 4.79 Å². The summed E-state index contributed by atoms with van der Waals surface area (Å²) in [4.78, 5) is 13.2. The topological polar surface area (TPSA) is 38.8 Å². The fraction of sp³-hybridized carbons (Fsp3) is 0.462. The molecule has 0 bridgehead atoms. The first kappa shape index (κ1) is 13.0. The third kappa shape index (κ3) is 2.88. The van der Waals surface area contributed by atoms with Crippen LogP contribution in [0.25, 0.3) is 0 Å². The number of fused-ring (bicyclic) bond motifs is 1. The Morgan fingerprint density at radius 1 is 1.50 bits per heavy atom. The van der Waals surface area contributed by atoms with Crippen molar-refractivity contribution < 1.29 is 14.3 Å². The molecule has 0 saturated heterocycles. The molecule has 98 valence electrons. The number of carbonyl (C=O) groups is 1. The Labute approximate surface area is 111 Å². The van der Waals surface area contributed by atoms with Gasteiger partial charge >= 0.3 is 0 Å². The van der Waals surface area contributed by atoms with Crippen LogP contribution in [0.5, 0.6) is 11.5 Å². The standard InChI is InChI=1S/C13H16ClNO3/c1-9(14)13(16)15(2)7-10-8-17-11-5-3-4-6-12(11)18-10/h3-6,9-10H,7-8H2,1-2H3/t9-,10+/m0/s1. The van der Waals surface area contributed by atoms with Gasteiger partial charge in [-0.2, -0.15) is 0 Å². The first-order chi connectivity index (χ1) is 8.58. The number of hydrogen-bond donors (Lipinski definition) is 0. The second-order valence-electron chi connectivity index (χ2n) is 4.33. The maximum Gasteiger partial charge on any atom is 0.240 e. The Morgan fingerprint density at radius 3 is 2.83 bits per heavy atom. The highest BCUT2D eigenvalue weighted by Crippen LogP contribution is 2.30. The molecule has 4 nitrogen and oxygen atoms in total. The molecule has 1 aliphatic rings. The monoisotopic (exact) mass is 269 g/mol. The van der Waals surface area contributed by atoms with Crippen molar-refractivity contribution >= 4 is 17.5 Å². The number of ether oxygens (including phenoxy) is 2. The Hall–Kier alpha value is -1.42. The lowest BCUT2D eigenvalue weighted by Gasteiger charge is -2.30. The van der Waals surface area contributed by atoms with Crippen LogP contribution in [0.15, 0.2) is 24.3 Å². The van der Waals surface area contributed by atoms with E-state index in [1.54, 1.807) is 18.9 Å². The van der Waals surface area contributed by atoms with Crippen molar-refractivity contribution in [1.29, 1.82) is 0 Å². The fourth-order valence-corrected chi connectivity index (χ4v) is 2.02. The summed E-state index contributed by atoms with van der Waals surface area (Å²) in [7, 11) is 1.71. The van der Waals surface area contributed by atoms with Gasteiger partial charge in [-0.15, -0.1) is 11.6 Å². The molecule has 0 radical (unpaired) electrons. The second kappa shape index (κ2) is 5.48. The van der Waals surface area contributed by atoms with Crippen LogP contribution < -0.4 is 9.47 Å². The third-order valence-corrected chi connectivity index (χ3v) is 2.95. The number of benzene rings is 1. The second-order valence-corrected chi connectivity index (χ2v) is 4.99. The maximum absolute atomic E-state index is 11.7. The molecule has 1 heterocycles. The largest absolute Gasteiger partial charge is 0.486 e. The van der Waals surface area contributed by atoms with Crippen LogP contribution in [-0.4, -0.2) is 42.5 Å². The molecule has 1 aromatic rings. The van der Waals surface area contributed by atoms with E-state index in [2.05, 4.69) is 0 Å². The van der Waals surface area contributed by atoms with E-state index in [1.807, 2.05) is 24.3 Å². The molecule has 1 aromatic carbocycles. The lowest BCUT2D eigenvalue weighted by molar-refractivity contribution is -0.130. The van der Waals surface area contributed by atoms with Crippen LogP contribution in [-0.2, 0) is 4.79 Å². The molecule has 0 aromatic heterocycles. The van der Waals surface area contributed by atoms with Gasteiger partial charge in [0.15, 0.2) is 17.6 Å². The minimum absolute atomic E-state index is 0.112. The van der Waals surface area contributed by atoms with Gasteiger partial charge in [0.25, 0.3) is 0 Å². The van der Waals surface area contributed by atoms with Crippen LogP contribution in [0.1, 0.15) is 6.92 Å². The van der Waals surface area contributed by atoms with E-state index in [1.165, 1.54) is 0 Å². The van der Waals surface area contributed by atoms with Gasteiger partial charge in [-0.05, 0) is 19.1 Å². The summed E-state index contributed by atoms with van der Waals surface area (Å²) in [5.74, 6) is 1.35. The molecule has 0 aliphatic carbocycles. The average Bonchev–Trinajstić information content (AvgIpc) is 2.37. The lowest BCUT2D eigenvalue weighted by atomic mass is 10.2. The molecule has 2 rings (SSSR count). The summed E-state index contributed by atoms with van der Waals surface area (Å²) in [6, 6.07) is 7.50. The molecule has 18 heavy (non-hydrogen) atoms. The molecule has 2 atom stereocenters. The van der Waals surface area contributed by atoms with Crippen molar-refractivity contribution in [3.8, 4) is 11.5 Å². The molecule has 0 unspecified atom stereocenters. The van der Waals surface area contributed by atoms with Gasteiger partial charge < -0.3 is 14.4 Å². The Kier molecular flexibility index (Phi) is 3.97. The first-order valence-electron chi connectivity index (χ1n) is 5.85. The van der Waals surface area contributed by atoms with E-state index >= 15 is 0 Å². The zero-order valence-electron chi connectivity index (χ0n) is 10.4. The van der Waals surface area contributed by atoms with Crippen LogP contribution in [0.2, 0.25) is 0 Å². The van der Waals surface area contributed by atoms with Gasteiger partial charge in [0.1, 0.15) is 12.0 Å². The van der Waals surface area contributed by atoms with E-state index in [4.69, 9.17) is 21.1 Å². The molecule has 0 saturated carbocycles. The Bertz CT molecular complexity index is 436. The van der Waals surface area contributed by atoms with Crippen LogP contribution in [0.4, 0.5) is 0 Å². The number of hydrogen-bond acceptors (Lipinski definition) is 3. The van der Waals surface area contributed by atoms with Gasteiger partial charge in [0.2, 0.25) is 5.91 Å². The number of para-hydroxylation sites is 2. The summed E-state index contributed by atoms with van der Waals surface area (Å²) < 4.78 is 11.4. The number of carbonyl (C=O) groups excluding carboxylic acids is 1. The fourth-order valence-electron chi connectivity index (χ4n) is 1.85. The van der Waals surface area contributed by atoms with Crippen LogP contribution in [0.3, 0.4) is 0 Å². The minimum atomic E-state index is -0.521. The molecule has 1 aliphatic heterocycles. The number of alkyl halides is 1. The van der Waals surface area contributed by atoms with Crippen LogP contribution in [0, 0.1) is 0 Å². The molecular weight excluding hydrogens is 254 g/mol. The highest BCUT2D eigenvalue weighted by atomic mass is 35.5. The first-order valence-corrected chi connectivity index (χ1v) is 6.29. The van der Waals surface area contributed by atoms with E-state index < -0.39 is 5.38 Å². The molecule has 0 spiro atoms. The van der Waals surface area contributed by atoms with Gasteiger partial charge in [-0.1, -0.05) is 12.1 Å². The van der Waals surface area contributed by atoms with Gasteiger partial charge in [-0.3, -0.25) is 4.79 Å². The van der Waals surface area contributed by atoms with Crippen molar-refractivity contribution in [3.63, 3.8) is 0 Å². The smallest absolute Gasteiger partial charge is 0.240 e. The molecule has 0 N–H and O–H groups in total. The summed E-state index contributed by atoms with van der Waals surface area (Å²) in [6.45, 7) is 2.56. The van der Waals surface area contributed by atoms with Gasteiger partial charge in [-0.25, -0.2) is 0 Å².